The number of carbonyl (C=O) groups is 2. The van der Waals surface area contributed by atoms with Crippen molar-refractivity contribution < 1.29 is 14.3 Å². The lowest BCUT2D eigenvalue weighted by atomic mass is 9.93. The molecule has 10 heteroatoms. The number of fused-ring (bicyclic) bond motifs is 1. The van der Waals surface area contributed by atoms with Crippen molar-refractivity contribution in [2.24, 2.45) is 5.92 Å². The van der Waals surface area contributed by atoms with Crippen molar-refractivity contribution >= 4 is 23.3 Å². The Labute approximate surface area is 187 Å². The molecule has 0 saturated heterocycles. The van der Waals surface area contributed by atoms with Crippen LogP contribution < -0.4 is 5.32 Å². The van der Waals surface area contributed by atoms with Crippen LogP contribution in [-0.2, 0) is 35.5 Å². The summed E-state index contributed by atoms with van der Waals surface area (Å²) >= 11 is 1.69. The molecule has 2 aromatic rings. The molecule has 0 radical (unpaired) electrons. The number of amides is 2. The zero-order valence-electron chi connectivity index (χ0n) is 18.9. The monoisotopic (exact) mass is 448 g/mol. The van der Waals surface area contributed by atoms with Gasteiger partial charge in [-0.2, -0.15) is 5.10 Å². The van der Waals surface area contributed by atoms with Gasteiger partial charge < -0.3 is 15.0 Å². The van der Waals surface area contributed by atoms with E-state index in [1.54, 1.807) is 37.0 Å². The molecule has 3 rings (SSSR count). The van der Waals surface area contributed by atoms with Gasteiger partial charge in [0, 0.05) is 11.4 Å². The van der Waals surface area contributed by atoms with Crippen LogP contribution in [0.4, 0.5) is 4.79 Å². The predicted octanol–water partition coefficient (Wildman–Crippen LogP) is 2.80. The van der Waals surface area contributed by atoms with Crippen LogP contribution in [0.25, 0.3) is 0 Å². The molecule has 9 nitrogen and oxygen atoms in total. The Balaban J connectivity index is 1.73. The molecule has 2 atom stereocenters. The van der Waals surface area contributed by atoms with Gasteiger partial charge in [-0.25, -0.2) is 14.8 Å². The molecule has 2 amide bonds. The second kappa shape index (κ2) is 9.76. The highest BCUT2D eigenvalue weighted by molar-refractivity contribution is 7.11. The van der Waals surface area contributed by atoms with Crippen LogP contribution in [0.15, 0.2) is 12.7 Å². The number of ether oxygens (including phenoxy) is 1. The summed E-state index contributed by atoms with van der Waals surface area (Å²) in [5.41, 5.74) is 0.514. The van der Waals surface area contributed by atoms with E-state index in [1.807, 2.05) is 6.92 Å². The maximum Gasteiger partial charge on any atom is 0.408 e. The predicted molar refractivity (Wildman–Crippen MR) is 118 cm³/mol. The number of likely N-dealkylation sites (N-methyl/N-ethyl adjacent to an activating group) is 1. The van der Waals surface area contributed by atoms with Gasteiger partial charge in [-0.3, -0.25) is 9.48 Å². The Morgan fingerprint density at radius 1 is 1.42 bits per heavy atom. The minimum atomic E-state index is -0.828. The average molecular weight is 449 g/mol. The van der Waals surface area contributed by atoms with Gasteiger partial charge in [-0.1, -0.05) is 6.92 Å². The number of carbonyl (C=O) groups excluding carboxylic acids is 2. The molecule has 0 saturated carbocycles. The van der Waals surface area contributed by atoms with E-state index in [0.29, 0.717) is 19.0 Å². The SMILES string of the molecule is CCN(Cc1nc2c(s1)CC(C)CC2)C(=O)C(Cn1cncn1)NC(=O)OC(C)(C)C. The van der Waals surface area contributed by atoms with Gasteiger partial charge in [-0.05, 0) is 52.9 Å². The minimum Gasteiger partial charge on any atom is -0.444 e. The van der Waals surface area contributed by atoms with Crippen LogP contribution in [0.1, 0.15) is 56.6 Å². The first kappa shape index (κ1) is 23.2. The summed E-state index contributed by atoms with van der Waals surface area (Å²) in [7, 11) is 0. The molecule has 2 heterocycles. The van der Waals surface area contributed by atoms with Gasteiger partial charge in [0.05, 0.1) is 18.8 Å². The highest BCUT2D eigenvalue weighted by Crippen LogP contribution is 2.30. The van der Waals surface area contributed by atoms with Gasteiger partial charge in [0.25, 0.3) is 0 Å². The molecule has 2 aromatic heterocycles. The van der Waals surface area contributed by atoms with Crippen molar-refractivity contribution in [1.29, 1.82) is 0 Å². The number of nitrogens with one attached hydrogen (secondary N) is 1. The fraction of sp³-hybridized carbons (Fsp3) is 0.667. The molecule has 0 aliphatic heterocycles. The topological polar surface area (TPSA) is 102 Å². The quantitative estimate of drug-likeness (QED) is 0.699. The van der Waals surface area contributed by atoms with Crippen LogP contribution in [0.5, 0.6) is 0 Å². The van der Waals surface area contributed by atoms with Crippen molar-refractivity contribution in [2.45, 2.75) is 78.6 Å². The maximum atomic E-state index is 13.4. The first-order valence-electron chi connectivity index (χ1n) is 10.7. The van der Waals surface area contributed by atoms with E-state index in [9.17, 15) is 9.59 Å². The molecular weight excluding hydrogens is 416 g/mol. The lowest BCUT2D eigenvalue weighted by Crippen LogP contribution is -2.51. The molecule has 1 N–H and O–H groups in total. The molecule has 0 spiro atoms. The molecule has 0 fully saturated rings. The Bertz CT molecular complexity index is 890. The largest absolute Gasteiger partial charge is 0.444 e. The normalized spacial score (nSPS) is 17.0. The Hall–Kier alpha value is -2.49. The smallest absolute Gasteiger partial charge is 0.408 e. The van der Waals surface area contributed by atoms with Gasteiger partial charge in [0.2, 0.25) is 5.91 Å². The maximum absolute atomic E-state index is 13.4. The summed E-state index contributed by atoms with van der Waals surface area (Å²) in [5, 5.41) is 7.72. The van der Waals surface area contributed by atoms with Gasteiger partial charge in [-0.15, -0.1) is 11.3 Å². The van der Waals surface area contributed by atoms with E-state index < -0.39 is 17.7 Å². The number of aromatic nitrogens is 4. The third-order valence-electron chi connectivity index (χ3n) is 5.08. The number of hydrogen-bond donors (Lipinski definition) is 1. The average Bonchev–Trinajstić information content (AvgIpc) is 3.32. The summed E-state index contributed by atoms with van der Waals surface area (Å²) in [6.07, 6.45) is 5.49. The van der Waals surface area contributed by atoms with Gasteiger partial charge in [0.15, 0.2) is 0 Å². The van der Waals surface area contributed by atoms with Crippen LogP contribution in [0.2, 0.25) is 0 Å². The highest BCUT2D eigenvalue weighted by Gasteiger charge is 2.29. The van der Waals surface area contributed by atoms with Crippen LogP contribution in [0.3, 0.4) is 0 Å². The van der Waals surface area contributed by atoms with Gasteiger partial charge in [0.1, 0.15) is 29.3 Å². The second-order valence-corrected chi connectivity index (χ2v) is 10.2. The molecule has 2 unspecified atom stereocenters. The molecule has 170 valence electrons. The van der Waals surface area contributed by atoms with Crippen molar-refractivity contribution in [1.82, 2.24) is 30.0 Å². The summed E-state index contributed by atoms with van der Waals surface area (Å²) in [6.45, 7) is 10.6. The molecule has 0 aromatic carbocycles. The van der Waals surface area contributed by atoms with E-state index in [2.05, 4.69) is 22.3 Å². The first-order valence-corrected chi connectivity index (χ1v) is 11.5. The molecule has 1 aliphatic carbocycles. The number of rotatable bonds is 7. The van der Waals surface area contributed by atoms with Crippen LogP contribution in [0, 0.1) is 5.92 Å². The minimum absolute atomic E-state index is 0.167. The van der Waals surface area contributed by atoms with Crippen molar-refractivity contribution in [3.63, 3.8) is 0 Å². The standard InChI is InChI=1S/C21H32N6O3S/c1-6-26(11-18-24-15-8-7-14(2)9-17(15)31-18)19(28)16(10-27-13-22-12-23-27)25-20(29)30-21(3,4)5/h12-14,16H,6-11H2,1-5H3,(H,25,29). The highest BCUT2D eigenvalue weighted by atomic mass is 32.1. The zero-order valence-corrected chi connectivity index (χ0v) is 19.7. The number of alkyl carbamates (subject to hydrolysis) is 1. The fourth-order valence-electron chi connectivity index (χ4n) is 3.54. The summed E-state index contributed by atoms with van der Waals surface area (Å²) in [5.74, 6) is 0.472. The molecule has 1 aliphatic rings. The Morgan fingerprint density at radius 2 is 2.19 bits per heavy atom. The molecule has 0 bridgehead atoms. The van der Waals surface area contributed by atoms with Gasteiger partial charge >= 0.3 is 6.09 Å². The van der Waals surface area contributed by atoms with E-state index in [0.717, 1.165) is 24.3 Å². The fourth-order valence-corrected chi connectivity index (χ4v) is 4.83. The molecule has 31 heavy (non-hydrogen) atoms. The van der Waals surface area contributed by atoms with Crippen LogP contribution in [-0.4, -0.2) is 54.8 Å². The molecular formula is C21H32N6O3S. The third kappa shape index (κ3) is 6.49. The third-order valence-corrected chi connectivity index (χ3v) is 6.18. The Kier molecular flexibility index (Phi) is 7.30. The summed E-state index contributed by atoms with van der Waals surface area (Å²) < 4.78 is 6.88. The van der Waals surface area contributed by atoms with Crippen molar-refractivity contribution in [3.05, 3.63) is 28.2 Å². The number of nitrogens with zero attached hydrogens (tertiary/aromatic N) is 5. The van der Waals surface area contributed by atoms with E-state index in [1.165, 1.54) is 27.9 Å². The number of hydrogen-bond acceptors (Lipinski definition) is 7. The lowest BCUT2D eigenvalue weighted by Gasteiger charge is -2.27. The zero-order chi connectivity index (χ0) is 22.6. The van der Waals surface area contributed by atoms with Crippen LogP contribution >= 0.6 is 11.3 Å². The van der Waals surface area contributed by atoms with Crippen molar-refractivity contribution in [2.75, 3.05) is 6.54 Å². The second-order valence-electron chi connectivity index (χ2n) is 8.99. The Morgan fingerprint density at radius 3 is 2.84 bits per heavy atom. The van der Waals surface area contributed by atoms with E-state index >= 15 is 0 Å². The lowest BCUT2D eigenvalue weighted by molar-refractivity contribution is -0.134. The van der Waals surface area contributed by atoms with E-state index in [4.69, 9.17) is 9.72 Å². The first-order chi connectivity index (χ1) is 14.6. The van der Waals surface area contributed by atoms with Crippen molar-refractivity contribution in [3.8, 4) is 0 Å². The number of aryl methyl sites for hydroxylation is 1. The van der Waals surface area contributed by atoms with E-state index in [-0.39, 0.29) is 12.5 Å². The summed E-state index contributed by atoms with van der Waals surface area (Å²) in [4.78, 5) is 37.5. The number of thiazole rings is 1. The summed E-state index contributed by atoms with van der Waals surface area (Å²) in [6, 6.07) is -0.828.